The predicted molar refractivity (Wildman–Crippen MR) is 75.3 cm³/mol. The van der Waals surface area contributed by atoms with Crippen LogP contribution in [-0.4, -0.2) is 19.1 Å². The van der Waals surface area contributed by atoms with Gasteiger partial charge in [-0.15, -0.1) is 0 Å². The van der Waals surface area contributed by atoms with Gasteiger partial charge in [-0.25, -0.2) is 13.2 Å². The van der Waals surface area contributed by atoms with Crippen molar-refractivity contribution in [2.45, 2.75) is 6.92 Å². The number of ether oxygens (including phenoxy) is 1. The van der Waals surface area contributed by atoms with Crippen LogP contribution >= 0.6 is 0 Å². The Hall–Kier alpha value is -2.50. The molecule has 0 saturated heterocycles. The number of carbonyl (C=O) groups is 1. The summed E-state index contributed by atoms with van der Waals surface area (Å²) in [4.78, 5) is 11.7. The maximum Gasteiger partial charge on any atom is 0.254 e. The fourth-order valence-corrected chi connectivity index (χ4v) is 1.84. The van der Waals surface area contributed by atoms with E-state index in [9.17, 15) is 18.0 Å². The summed E-state index contributed by atoms with van der Waals surface area (Å²) in [6.45, 7) is 2.19. The highest BCUT2D eigenvalue weighted by Crippen LogP contribution is 2.15. The summed E-state index contributed by atoms with van der Waals surface area (Å²) < 4.78 is 44.7. The van der Waals surface area contributed by atoms with Crippen LogP contribution in [0.1, 0.15) is 15.9 Å². The quantitative estimate of drug-likeness (QED) is 0.680. The molecule has 3 nitrogen and oxygen atoms in total. The van der Waals surface area contributed by atoms with E-state index in [1.165, 1.54) is 0 Å². The van der Waals surface area contributed by atoms with Gasteiger partial charge in [0.1, 0.15) is 12.4 Å². The van der Waals surface area contributed by atoms with Crippen LogP contribution in [0.5, 0.6) is 5.75 Å². The van der Waals surface area contributed by atoms with E-state index in [4.69, 9.17) is 4.74 Å². The topological polar surface area (TPSA) is 38.3 Å². The van der Waals surface area contributed by atoms with Gasteiger partial charge in [0.2, 0.25) is 0 Å². The molecule has 0 aliphatic heterocycles. The number of carbonyl (C=O) groups excluding carboxylic acids is 1. The fraction of sp³-hybridized carbons (Fsp3) is 0.188. The van der Waals surface area contributed by atoms with E-state index in [-0.39, 0.29) is 13.2 Å². The minimum atomic E-state index is -1.66. The number of halogens is 3. The zero-order valence-electron chi connectivity index (χ0n) is 11.8. The number of hydrogen-bond donors (Lipinski definition) is 1. The molecule has 116 valence electrons. The summed E-state index contributed by atoms with van der Waals surface area (Å²) in [6, 6.07) is 8.95. The minimum absolute atomic E-state index is 0.102. The summed E-state index contributed by atoms with van der Waals surface area (Å²) in [7, 11) is 0. The molecule has 0 unspecified atom stereocenters. The first-order valence-corrected chi connectivity index (χ1v) is 6.60. The Labute approximate surface area is 125 Å². The lowest BCUT2D eigenvalue weighted by molar-refractivity contribution is 0.0941. The molecule has 2 aromatic carbocycles. The third kappa shape index (κ3) is 3.78. The number of hydrogen-bond acceptors (Lipinski definition) is 2. The monoisotopic (exact) mass is 309 g/mol. The SMILES string of the molecule is Cc1cccc(OCCNC(=O)c2ccc(F)c(F)c2F)c1. The van der Waals surface area contributed by atoms with Gasteiger partial charge in [-0.3, -0.25) is 4.79 Å². The Balaban J connectivity index is 1.87. The van der Waals surface area contributed by atoms with E-state index in [0.29, 0.717) is 11.8 Å². The van der Waals surface area contributed by atoms with Crippen LogP contribution < -0.4 is 10.1 Å². The van der Waals surface area contributed by atoms with Gasteiger partial charge in [0.25, 0.3) is 5.91 Å². The molecule has 0 radical (unpaired) electrons. The molecule has 0 aliphatic carbocycles. The molecule has 1 N–H and O–H groups in total. The summed E-state index contributed by atoms with van der Waals surface area (Å²) in [5.41, 5.74) is 0.486. The van der Waals surface area contributed by atoms with E-state index < -0.39 is 28.9 Å². The van der Waals surface area contributed by atoms with Gasteiger partial charge in [0.05, 0.1) is 12.1 Å². The van der Waals surface area contributed by atoms with Crippen LogP contribution in [0.4, 0.5) is 13.2 Å². The zero-order chi connectivity index (χ0) is 16.1. The predicted octanol–water partition coefficient (Wildman–Crippen LogP) is 3.22. The fourth-order valence-electron chi connectivity index (χ4n) is 1.84. The van der Waals surface area contributed by atoms with Crippen molar-refractivity contribution in [2.75, 3.05) is 13.2 Å². The molecule has 0 atom stereocenters. The lowest BCUT2D eigenvalue weighted by Gasteiger charge is -2.09. The molecular weight excluding hydrogens is 295 g/mol. The molecule has 0 heterocycles. The van der Waals surface area contributed by atoms with E-state index in [2.05, 4.69) is 5.32 Å². The minimum Gasteiger partial charge on any atom is -0.492 e. The normalized spacial score (nSPS) is 10.4. The number of aryl methyl sites for hydroxylation is 1. The smallest absolute Gasteiger partial charge is 0.254 e. The standard InChI is InChI=1S/C16H14F3NO2/c1-10-3-2-4-11(9-10)22-8-7-20-16(21)12-5-6-13(17)15(19)14(12)18/h2-6,9H,7-8H2,1H3,(H,20,21). The molecule has 1 amide bonds. The largest absolute Gasteiger partial charge is 0.492 e. The van der Waals surface area contributed by atoms with Crippen LogP contribution in [0, 0.1) is 24.4 Å². The summed E-state index contributed by atoms with van der Waals surface area (Å²) in [5, 5.41) is 2.38. The Bertz CT molecular complexity index is 689. The van der Waals surface area contributed by atoms with Crippen molar-refractivity contribution in [3.63, 3.8) is 0 Å². The third-order valence-corrected chi connectivity index (χ3v) is 2.93. The van der Waals surface area contributed by atoms with Crippen LogP contribution in [0.2, 0.25) is 0 Å². The highest BCUT2D eigenvalue weighted by molar-refractivity contribution is 5.94. The van der Waals surface area contributed by atoms with Gasteiger partial charge < -0.3 is 10.1 Å². The maximum atomic E-state index is 13.4. The number of amides is 1. The number of benzene rings is 2. The van der Waals surface area contributed by atoms with Gasteiger partial charge in [0, 0.05) is 0 Å². The van der Waals surface area contributed by atoms with Crippen molar-refractivity contribution in [3.8, 4) is 5.75 Å². The van der Waals surface area contributed by atoms with E-state index >= 15 is 0 Å². The molecule has 2 aromatic rings. The average Bonchev–Trinajstić information content (AvgIpc) is 2.49. The third-order valence-electron chi connectivity index (χ3n) is 2.93. The van der Waals surface area contributed by atoms with Gasteiger partial charge in [-0.1, -0.05) is 12.1 Å². The Morgan fingerprint density at radius 2 is 1.91 bits per heavy atom. The van der Waals surface area contributed by atoms with Crippen molar-refractivity contribution in [2.24, 2.45) is 0 Å². The molecule has 22 heavy (non-hydrogen) atoms. The maximum absolute atomic E-state index is 13.4. The molecule has 0 spiro atoms. The van der Waals surface area contributed by atoms with E-state index in [0.717, 1.165) is 11.6 Å². The van der Waals surface area contributed by atoms with Gasteiger partial charge in [-0.05, 0) is 36.8 Å². The number of nitrogens with one attached hydrogen (secondary N) is 1. The highest BCUT2D eigenvalue weighted by atomic mass is 19.2. The molecule has 6 heteroatoms. The van der Waals surface area contributed by atoms with Crippen molar-refractivity contribution < 1.29 is 22.7 Å². The summed E-state index contributed by atoms with van der Waals surface area (Å²) >= 11 is 0. The first-order valence-electron chi connectivity index (χ1n) is 6.60. The van der Waals surface area contributed by atoms with Gasteiger partial charge in [0.15, 0.2) is 17.5 Å². The van der Waals surface area contributed by atoms with Crippen LogP contribution in [0.25, 0.3) is 0 Å². The van der Waals surface area contributed by atoms with Gasteiger partial charge >= 0.3 is 0 Å². The van der Waals surface area contributed by atoms with Crippen molar-refractivity contribution >= 4 is 5.91 Å². The molecule has 0 saturated carbocycles. The van der Waals surface area contributed by atoms with Crippen LogP contribution in [0.3, 0.4) is 0 Å². The van der Waals surface area contributed by atoms with E-state index in [1.54, 1.807) is 6.07 Å². The lowest BCUT2D eigenvalue weighted by Crippen LogP contribution is -2.29. The Kier molecular flexibility index (Phi) is 5.04. The summed E-state index contributed by atoms with van der Waals surface area (Å²) in [5.74, 6) is -4.69. The molecule has 0 fully saturated rings. The van der Waals surface area contributed by atoms with Crippen molar-refractivity contribution in [1.29, 1.82) is 0 Å². The summed E-state index contributed by atoms with van der Waals surface area (Å²) in [6.07, 6.45) is 0. The molecule has 0 bridgehead atoms. The van der Waals surface area contributed by atoms with Gasteiger partial charge in [-0.2, -0.15) is 0 Å². The first-order chi connectivity index (χ1) is 10.5. The second-order valence-electron chi connectivity index (χ2n) is 4.64. The Morgan fingerprint density at radius 3 is 2.64 bits per heavy atom. The molecule has 2 rings (SSSR count). The first kappa shape index (κ1) is 15.9. The Morgan fingerprint density at radius 1 is 1.14 bits per heavy atom. The van der Waals surface area contributed by atoms with Crippen LogP contribution in [-0.2, 0) is 0 Å². The zero-order valence-corrected chi connectivity index (χ0v) is 11.8. The lowest BCUT2D eigenvalue weighted by atomic mass is 10.2. The molecular formula is C16H14F3NO2. The second kappa shape index (κ2) is 6.98. The molecule has 0 aromatic heterocycles. The average molecular weight is 309 g/mol. The van der Waals surface area contributed by atoms with Crippen LogP contribution in [0.15, 0.2) is 36.4 Å². The van der Waals surface area contributed by atoms with Crippen molar-refractivity contribution in [3.05, 3.63) is 65.0 Å². The van der Waals surface area contributed by atoms with Crippen molar-refractivity contribution in [1.82, 2.24) is 5.32 Å². The highest BCUT2D eigenvalue weighted by Gasteiger charge is 2.18. The van der Waals surface area contributed by atoms with E-state index in [1.807, 2.05) is 25.1 Å². The second-order valence-corrected chi connectivity index (χ2v) is 4.64. The number of rotatable bonds is 5. The molecule has 0 aliphatic rings.